The number of rotatable bonds is 3. The molecule has 1 fully saturated rings. The van der Waals surface area contributed by atoms with Crippen molar-refractivity contribution in [2.24, 2.45) is 5.73 Å². The van der Waals surface area contributed by atoms with Crippen LogP contribution in [-0.4, -0.2) is 21.2 Å². The molecule has 1 amide bonds. The molecule has 1 aliphatic rings. The summed E-state index contributed by atoms with van der Waals surface area (Å²) >= 11 is 0. The van der Waals surface area contributed by atoms with Crippen molar-refractivity contribution in [2.75, 3.05) is 5.32 Å². The van der Waals surface area contributed by atoms with Crippen LogP contribution in [0, 0.1) is 0 Å². The van der Waals surface area contributed by atoms with Crippen LogP contribution in [0.15, 0.2) is 42.7 Å². The lowest BCUT2D eigenvalue weighted by Crippen LogP contribution is -2.48. The monoisotopic (exact) mass is 306 g/mol. The first kappa shape index (κ1) is 15.5. The molecule has 2 aromatic rings. The molecule has 112 valence electrons. The minimum atomic E-state index is -0.694. The summed E-state index contributed by atoms with van der Waals surface area (Å²) in [5, 5.41) is 7.06. The number of nitrogens with two attached hydrogens (primary N) is 1. The first-order chi connectivity index (χ1) is 9.67. The van der Waals surface area contributed by atoms with Gasteiger partial charge in [-0.15, -0.1) is 12.4 Å². The fraction of sp³-hybridized carbons (Fsp3) is 0.333. The van der Waals surface area contributed by atoms with Crippen LogP contribution in [0.3, 0.4) is 0 Å². The van der Waals surface area contributed by atoms with Crippen molar-refractivity contribution >= 4 is 24.0 Å². The number of nitrogens with one attached hydrogen (secondary N) is 1. The van der Waals surface area contributed by atoms with E-state index < -0.39 is 5.54 Å². The van der Waals surface area contributed by atoms with E-state index >= 15 is 0 Å². The predicted octanol–water partition coefficient (Wildman–Crippen LogP) is 2.50. The first-order valence-corrected chi connectivity index (χ1v) is 6.88. The Balaban J connectivity index is 0.00000161. The molecule has 5 nitrogen and oxygen atoms in total. The van der Waals surface area contributed by atoms with E-state index in [-0.39, 0.29) is 18.3 Å². The first-order valence-electron chi connectivity index (χ1n) is 6.88. The van der Waals surface area contributed by atoms with E-state index in [4.69, 9.17) is 5.73 Å². The molecule has 6 heteroatoms. The minimum Gasteiger partial charge on any atom is -0.324 e. The predicted molar refractivity (Wildman–Crippen MR) is 84.8 cm³/mol. The molecule has 0 saturated heterocycles. The maximum atomic E-state index is 12.2. The molecule has 1 aromatic heterocycles. The van der Waals surface area contributed by atoms with Crippen LogP contribution < -0.4 is 11.1 Å². The lowest BCUT2D eigenvalue weighted by atomic mass is 9.98. The molecular formula is C15H19ClN4O. The number of anilines is 1. The fourth-order valence-corrected chi connectivity index (χ4v) is 2.61. The average molecular weight is 307 g/mol. The average Bonchev–Trinajstić information content (AvgIpc) is 3.11. The second-order valence-electron chi connectivity index (χ2n) is 5.31. The molecule has 1 aliphatic carbocycles. The number of amides is 1. The second kappa shape index (κ2) is 6.28. The van der Waals surface area contributed by atoms with Gasteiger partial charge < -0.3 is 11.1 Å². The van der Waals surface area contributed by atoms with Crippen molar-refractivity contribution in [1.29, 1.82) is 0 Å². The van der Waals surface area contributed by atoms with E-state index in [9.17, 15) is 4.79 Å². The third-order valence-electron chi connectivity index (χ3n) is 3.84. The van der Waals surface area contributed by atoms with Crippen LogP contribution in [0.5, 0.6) is 0 Å². The van der Waals surface area contributed by atoms with E-state index in [1.807, 2.05) is 36.5 Å². The van der Waals surface area contributed by atoms with Gasteiger partial charge in [0.15, 0.2) is 0 Å². The number of hydrogen-bond acceptors (Lipinski definition) is 3. The normalized spacial score (nSPS) is 16.2. The van der Waals surface area contributed by atoms with Gasteiger partial charge in [0.25, 0.3) is 0 Å². The van der Waals surface area contributed by atoms with Gasteiger partial charge in [-0.25, -0.2) is 4.68 Å². The smallest absolute Gasteiger partial charge is 0.244 e. The summed E-state index contributed by atoms with van der Waals surface area (Å²) in [5.74, 6) is -0.0816. The molecule has 0 spiro atoms. The van der Waals surface area contributed by atoms with Crippen LogP contribution >= 0.6 is 12.4 Å². The summed E-state index contributed by atoms with van der Waals surface area (Å²) < 4.78 is 1.77. The van der Waals surface area contributed by atoms with Crippen LogP contribution in [0.25, 0.3) is 5.69 Å². The van der Waals surface area contributed by atoms with Gasteiger partial charge >= 0.3 is 0 Å². The molecular weight excluding hydrogens is 288 g/mol. The zero-order chi connectivity index (χ0) is 14.0. The Morgan fingerprint density at radius 2 is 1.90 bits per heavy atom. The van der Waals surface area contributed by atoms with Gasteiger partial charge in [-0.1, -0.05) is 12.8 Å². The van der Waals surface area contributed by atoms with Gasteiger partial charge in [0.2, 0.25) is 5.91 Å². The quantitative estimate of drug-likeness (QED) is 0.915. The number of hydrogen-bond donors (Lipinski definition) is 2. The lowest BCUT2D eigenvalue weighted by Gasteiger charge is -2.22. The van der Waals surface area contributed by atoms with E-state index in [2.05, 4.69) is 10.4 Å². The van der Waals surface area contributed by atoms with Crippen LogP contribution in [0.2, 0.25) is 0 Å². The van der Waals surface area contributed by atoms with Crippen LogP contribution in [0.1, 0.15) is 25.7 Å². The number of halogens is 1. The molecule has 1 aromatic carbocycles. The summed E-state index contributed by atoms with van der Waals surface area (Å²) in [6.45, 7) is 0. The van der Waals surface area contributed by atoms with Crippen molar-refractivity contribution in [1.82, 2.24) is 9.78 Å². The Morgan fingerprint density at radius 1 is 1.24 bits per heavy atom. The number of nitrogens with zero attached hydrogens (tertiary/aromatic N) is 2. The highest BCUT2D eigenvalue weighted by atomic mass is 35.5. The Morgan fingerprint density at radius 3 is 2.48 bits per heavy atom. The highest BCUT2D eigenvalue weighted by molar-refractivity contribution is 5.98. The van der Waals surface area contributed by atoms with E-state index in [1.165, 1.54) is 0 Å². The van der Waals surface area contributed by atoms with E-state index in [1.54, 1.807) is 10.9 Å². The highest BCUT2D eigenvalue weighted by Gasteiger charge is 2.36. The number of aromatic nitrogens is 2. The SMILES string of the molecule is Cl.NC1(C(=O)Nc2ccc(-n3cccn3)cc2)CCCC1. The van der Waals surface area contributed by atoms with Crippen LogP contribution in [0.4, 0.5) is 5.69 Å². The Kier molecular flexibility index (Phi) is 4.65. The lowest BCUT2D eigenvalue weighted by molar-refractivity contribution is -0.121. The summed E-state index contributed by atoms with van der Waals surface area (Å²) in [6.07, 6.45) is 7.20. The molecule has 3 rings (SSSR count). The molecule has 1 heterocycles. The zero-order valence-corrected chi connectivity index (χ0v) is 12.5. The third kappa shape index (κ3) is 3.25. The van der Waals surface area contributed by atoms with Crippen LogP contribution in [-0.2, 0) is 4.79 Å². The number of benzene rings is 1. The summed E-state index contributed by atoms with van der Waals surface area (Å²) in [5.41, 5.74) is 7.16. The summed E-state index contributed by atoms with van der Waals surface area (Å²) in [6, 6.07) is 9.44. The number of carbonyl (C=O) groups is 1. The van der Waals surface area contributed by atoms with Crippen molar-refractivity contribution in [2.45, 2.75) is 31.2 Å². The van der Waals surface area contributed by atoms with Crippen molar-refractivity contribution in [3.05, 3.63) is 42.7 Å². The molecule has 0 radical (unpaired) electrons. The summed E-state index contributed by atoms with van der Waals surface area (Å²) in [4.78, 5) is 12.2. The Hall–Kier alpha value is -1.85. The van der Waals surface area contributed by atoms with Gasteiger partial charge in [0.05, 0.1) is 11.2 Å². The maximum Gasteiger partial charge on any atom is 0.244 e. The zero-order valence-electron chi connectivity index (χ0n) is 11.7. The highest BCUT2D eigenvalue weighted by Crippen LogP contribution is 2.28. The van der Waals surface area contributed by atoms with Gasteiger partial charge in [0.1, 0.15) is 0 Å². The van der Waals surface area contributed by atoms with Gasteiger partial charge in [-0.05, 0) is 43.2 Å². The topological polar surface area (TPSA) is 72.9 Å². The van der Waals surface area contributed by atoms with Crippen molar-refractivity contribution < 1.29 is 4.79 Å². The standard InChI is InChI=1S/C15H18N4O.ClH/c16-15(8-1-2-9-15)14(20)18-12-4-6-13(7-5-12)19-11-3-10-17-19;/h3-7,10-11H,1-2,8-9,16H2,(H,18,20);1H. The largest absolute Gasteiger partial charge is 0.324 e. The Labute approximate surface area is 129 Å². The van der Waals surface area contributed by atoms with E-state index in [0.717, 1.165) is 37.1 Å². The van der Waals surface area contributed by atoms with Gasteiger partial charge in [0, 0.05) is 18.1 Å². The minimum absolute atomic E-state index is 0. The third-order valence-corrected chi connectivity index (χ3v) is 3.84. The summed E-state index contributed by atoms with van der Waals surface area (Å²) in [7, 11) is 0. The van der Waals surface area contributed by atoms with Gasteiger partial charge in [-0.2, -0.15) is 5.10 Å². The Bertz CT molecular complexity index is 589. The molecule has 0 unspecified atom stereocenters. The fourth-order valence-electron chi connectivity index (χ4n) is 2.61. The molecule has 0 bridgehead atoms. The molecule has 0 atom stereocenters. The van der Waals surface area contributed by atoms with Gasteiger partial charge in [-0.3, -0.25) is 4.79 Å². The number of carbonyl (C=O) groups excluding carboxylic acids is 1. The van der Waals surface area contributed by atoms with E-state index in [0.29, 0.717) is 0 Å². The van der Waals surface area contributed by atoms with Crippen molar-refractivity contribution in [3.8, 4) is 5.69 Å². The molecule has 21 heavy (non-hydrogen) atoms. The molecule has 3 N–H and O–H groups in total. The van der Waals surface area contributed by atoms with Crippen molar-refractivity contribution in [3.63, 3.8) is 0 Å². The maximum absolute atomic E-state index is 12.2. The molecule has 0 aliphatic heterocycles. The second-order valence-corrected chi connectivity index (χ2v) is 5.31. The molecule has 1 saturated carbocycles.